The Labute approximate surface area is 173 Å². The second-order valence-electron chi connectivity index (χ2n) is 6.82. The molecule has 1 aromatic heterocycles. The molecule has 1 unspecified atom stereocenters. The third-order valence-electron chi connectivity index (χ3n) is 4.67. The summed E-state index contributed by atoms with van der Waals surface area (Å²) in [6.07, 6.45) is 1.28. The molecule has 0 saturated carbocycles. The lowest BCUT2D eigenvalue weighted by Gasteiger charge is -2.35. The van der Waals surface area contributed by atoms with Crippen LogP contribution in [0.5, 0.6) is 5.75 Å². The summed E-state index contributed by atoms with van der Waals surface area (Å²) in [5.41, 5.74) is 1.82. The van der Waals surface area contributed by atoms with Crippen LogP contribution in [0.15, 0.2) is 60.8 Å². The molecule has 1 atom stereocenters. The highest BCUT2D eigenvalue weighted by Gasteiger charge is 2.26. The predicted molar refractivity (Wildman–Crippen MR) is 112 cm³/mol. The zero-order valence-corrected chi connectivity index (χ0v) is 16.4. The third kappa shape index (κ3) is 4.52. The molecule has 1 aliphatic rings. The van der Waals surface area contributed by atoms with Crippen molar-refractivity contribution >= 4 is 29.0 Å². The molecule has 7 nitrogen and oxygen atoms in total. The molecule has 29 heavy (non-hydrogen) atoms. The number of benzene rings is 2. The van der Waals surface area contributed by atoms with Crippen LogP contribution in [0.1, 0.15) is 5.56 Å². The van der Waals surface area contributed by atoms with Gasteiger partial charge in [0.1, 0.15) is 17.7 Å². The van der Waals surface area contributed by atoms with Crippen LogP contribution in [-0.4, -0.2) is 46.6 Å². The zero-order chi connectivity index (χ0) is 20.2. The standard InChI is InChI=1S/C21H21ClN4O3/c22-16-5-3-4-15(10-16)11-26-20(8-9-23-26)24-21(28)13-25-12-17(14-27)29-19-7-2-1-6-18(19)25/h1-10,17,27H,11-14H2,(H,24,28). The van der Waals surface area contributed by atoms with Gasteiger partial charge in [-0.25, -0.2) is 4.68 Å². The molecule has 150 valence electrons. The van der Waals surface area contributed by atoms with Gasteiger partial charge >= 0.3 is 0 Å². The predicted octanol–water partition coefficient (Wildman–Crippen LogP) is 2.78. The third-order valence-corrected chi connectivity index (χ3v) is 4.90. The van der Waals surface area contributed by atoms with Crippen molar-refractivity contribution in [2.24, 2.45) is 0 Å². The second-order valence-corrected chi connectivity index (χ2v) is 7.26. The summed E-state index contributed by atoms with van der Waals surface area (Å²) in [4.78, 5) is 14.6. The first kappa shape index (κ1) is 19.3. The number of carbonyl (C=O) groups is 1. The first-order valence-corrected chi connectivity index (χ1v) is 9.68. The highest BCUT2D eigenvalue weighted by atomic mass is 35.5. The second kappa shape index (κ2) is 8.55. The fourth-order valence-corrected chi connectivity index (χ4v) is 3.57. The molecule has 0 bridgehead atoms. The Bertz CT molecular complexity index is 1010. The van der Waals surface area contributed by atoms with Crippen LogP contribution in [0.4, 0.5) is 11.5 Å². The number of hydrogen-bond donors (Lipinski definition) is 2. The molecule has 3 aromatic rings. The monoisotopic (exact) mass is 412 g/mol. The summed E-state index contributed by atoms with van der Waals surface area (Å²) in [5, 5.41) is 17.4. The van der Waals surface area contributed by atoms with E-state index in [9.17, 15) is 9.90 Å². The van der Waals surface area contributed by atoms with Gasteiger partial charge in [0.15, 0.2) is 0 Å². The van der Waals surface area contributed by atoms with Crippen molar-refractivity contribution in [2.45, 2.75) is 12.6 Å². The van der Waals surface area contributed by atoms with E-state index < -0.39 is 0 Å². The van der Waals surface area contributed by atoms with E-state index in [1.807, 2.05) is 53.4 Å². The number of carbonyl (C=O) groups excluding carboxylic acids is 1. The summed E-state index contributed by atoms with van der Waals surface area (Å²) in [5.74, 6) is 1.10. The normalized spacial score (nSPS) is 15.5. The number of ether oxygens (including phenoxy) is 1. The maximum Gasteiger partial charge on any atom is 0.245 e. The van der Waals surface area contributed by atoms with Crippen molar-refractivity contribution in [3.8, 4) is 5.75 Å². The van der Waals surface area contributed by atoms with Gasteiger partial charge in [-0.15, -0.1) is 0 Å². The first-order valence-electron chi connectivity index (χ1n) is 9.30. The lowest BCUT2D eigenvalue weighted by Crippen LogP contribution is -2.45. The minimum atomic E-state index is -0.369. The van der Waals surface area contributed by atoms with Crippen LogP contribution in [-0.2, 0) is 11.3 Å². The molecular formula is C21H21ClN4O3. The number of anilines is 2. The lowest BCUT2D eigenvalue weighted by atomic mass is 10.2. The SMILES string of the molecule is O=C(CN1CC(CO)Oc2ccccc21)Nc1ccnn1Cc1cccc(Cl)c1. The van der Waals surface area contributed by atoms with Gasteiger partial charge in [0.25, 0.3) is 0 Å². The van der Waals surface area contributed by atoms with E-state index in [0.717, 1.165) is 11.3 Å². The number of hydrogen-bond acceptors (Lipinski definition) is 5. The number of nitrogens with zero attached hydrogens (tertiary/aromatic N) is 3. The Morgan fingerprint density at radius 3 is 2.93 bits per heavy atom. The van der Waals surface area contributed by atoms with Gasteiger partial charge in [0.05, 0.1) is 38.1 Å². The van der Waals surface area contributed by atoms with Crippen LogP contribution in [0.25, 0.3) is 0 Å². The number of fused-ring (bicyclic) bond motifs is 1. The highest BCUT2D eigenvalue weighted by molar-refractivity contribution is 6.30. The van der Waals surface area contributed by atoms with Crippen molar-refractivity contribution in [1.82, 2.24) is 9.78 Å². The van der Waals surface area contributed by atoms with Gasteiger partial charge in [0.2, 0.25) is 5.91 Å². The van der Waals surface area contributed by atoms with E-state index in [-0.39, 0.29) is 25.2 Å². The van der Waals surface area contributed by atoms with Crippen LogP contribution in [0, 0.1) is 0 Å². The summed E-state index contributed by atoms with van der Waals surface area (Å²) in [6, 6.07) is 16.8. The van der Waals surface area contributed by atoms with E-state index in [1.165, 1.54) is 0 Å². The minimum Gasteiger partial charge on any atom is -0.484 e. The van der Waals surface area contributed by atoms with Crippen molar-refractivity contribution in [2.75, 3.05) is 29.9 Å². The van der Waals surface area contributed by atoms with Crippen molar-refractivity contribution in [3.05, 3.63) is 71.4 Å². The van der Waals surface area contributed by atoms with Crippen LogP contribution in [0.2, 0.25) is 5.02 Å². The molecule has 0 radical (unpaired) electrons. The quantitative estimate of drug-likeness (QED) is 0.650. The van der Waals surface area contributed by atoms with Gasteiger partial charge in [-0.1, -0.05) is 35.9 Å². The fraction of sp³-hybridized carbons (Fsp3) is 0.238. The molecule has 8 heteroatoms. The number of nitrogens with one attached hydrogen (secondary N) is 1. The number of halogens is 1. The maximum atomic E-state index is 12.7. The van der Waals surface area contributed by atoms with E-state index in [1.54, 1.807) is 16.9 Å². The number of aliphatic hydroxyl groups excluding tert-OH is 1. The minimum absolute atomic E-state index is 0.112. The van der Waals surface area contributed by atoms with E-state index in [4.69, 9.17) is 16.3 Å². The van der Waals surface area contributed by atoms with Crippen LogP contribution in [0.3, 0.4) is 0 Å². The van der Waals surface area contributed by atoms with E-state index in [0.29, 0.717) is 29.7 Å². The molecule has 4 rings (SSSR count). The Hall–Kier alpha value is -3.03. The molecule has 0 fully saturated rings. The average molecular weight is 413 g/mol. The van der Waals surface area contributed by atoms with Crippen molar-refractivity contribution < 1.29 is 14.6 Å². The molecule has 0 spiro atoms. The summed E-state index contributed by atoms with van der Waals surface area (Å²) in [7, 11) is 0. The average Bonchev–Trinajstić information content (AvgIpc) is 3.14. The summed E-state index contributed by atoms with van der Waals surface area (Å²) < 4.78 is 7.46. The van der Waals surface area contributed by atoms with Crippen molar-refractivity contribution in [1.29, 1.82) is 0 Å². The molecule has 2 N–H and O–H groups in total. The van der Waals surface area contributed by atoms with Gasteiger partial charge in [-0.3, -0.25) is 4.79 Å². The highest BCUT2D eigenvalue weighted by Crippen LogP contribution is 2.32. The molecule has 2 heterocycles. The molecular weight excluding hydrogens is 392 g/mol. The fourth-order valence-electron chi connectivity index (χ4n) is 3.35. The maximum absolute atomic E-state index is 12.7. The molecule has 1 aliphatic heterocycles. The number of rotatable bonds is 6. The molecule has 0 aliphatic carbocycles. The van der Waals surface area contributed by atoms with E-state index >= 15 is 0 Å². The largest absolute Gasteiger partial charge is 0.484 e. The van der Waals surface area contributed by atoms with Gasteiger partial charge in [-0.2, -0.15) is 5.10 Å². The smallest absolute Gasteiger partial charge is 0.245 e. The Kier molecular flexibility index (Phi) is 5.69. The Morgan fingerprint density at radius 1 is 1.24 bits per heavy atom. The van der Waals surface area contributed by atoms with Gasteiger partial charge in [0, 0.05) is 11.1 Å². The Morgan fingerprint density at radius 2 is 2.10 bits per heavy atom. The topological polar surface area (TPSA) is 79.6 Å². The summed E-state index contributed by atoms with van der Waals surface area (Å²) >= 11 is 6.05. The van der Waals surface area contributed by atoms with Crippen LogP contribution < -0.4 is 15.0 Å². The molecule has 1 amide bonds. The number of amides is 1. The lowest BCUT2D eigenvalue weighted by molar-refractivity contribution is -0.115. The molecule has 2 aromatic carbocycles. The van der Waals surface area contributed by atoms with Crippen molar-refractivity contribution in [3.63, 3.8) is 0 Å². The van der Waals surface area contributed by atoms with Crippen LogP contribution >= 0.6 is 11.6 Å². The zero-order valence-electron chi connectivity index (χ0n) is 15.7. The summed E-state index contributed by atoms with van der Waals surface area (Å²) in [6.45, 7) is 0.955. The number of aromatic nitrogens is 2. The Balaban J connectivity index is 1.45. The molecule has 0 saturated heterocycles. The number of aliphatic hydroxyl groups is 1. The first-order chi connectivity index (χ1) is 14.1. The van der Waals surface area contributed by atoms with Gasteiger partial charge < -0.3 is 20.1 Å². The van der Waals surface area contributed by atoms with Gasteiger partial charge in [-0.05, 0) is 29.8 Å². The van der Waals surface area contributed by atoms with E-state index in [2.05, 4.69) is 10.4 Å². The number of para-hydroxylation sites is 2.